The number of hydrogen-bond donors (Lipinski definition) is 0. The maximum atomic E-state index is 10.4. The molecule has 0 fully saturated rings. The Balaban J connectivity index is 2.69. The van der Waals surface area contributed by atoms with Crippen molar-refractivity contribution >= 4 is 5.97 Å². The summed E-state index contributed by atoms with van der Waals surface area (Å²) in [7, 11) is 0. The zero-order chi connectivity index (χ0) is 9.68. The zero-order valence-corrected chi connectivity index (χ0v) is 7.32. The highest BCUT2D eigenvalue weighted by Gasteiger charge is 1.93. The third-order valence-corrected chi connectivity index (χ3v) is 1.83. The van der Waals surface area contributed by atoms with E-state index >= 15 is 0 Å². The highest BCUT2D eigenvalue weighted by Crippen LogP contribution is 2.06. The summed E-state index contributed by atoms with van der Waals surface area (Å²) >= 11 is 0. The van der Waals surface area contributed by atoms with Crippen molar-refractivity contribution in [1.82, 2.24) is 0 Å². The molecule has 0 aliphatic heterocycles. The third-order valence-electron chi connectivity index (χ3n) is 1.83. The number of carbonyl (C=O) groups is 1. The maximum absolute atomic E-state index is 10.4. The molecule has 0 N–H and O–H groups in total. The summed E-state index contributed by atoms with van der Waals surface area (Å²) in [4.78, 5) is 10.4. The van der Waals surface area contributed by atoms with Gasteiger partial charge in [-0.15, -0.1) is 6.58 Å². The quantitative estimate of drug-likeness (QED) is 0.644. The Morgan fingerprint density at radius 1 is 1.38 bits per heavy atom. The van der Waals surface area contributed by atoms with Crippen LogP contribution in [0.1, 0.15) is 22.3 Å². The lowest BCUT2D eigenvalue weighted by Gasteiger charge is -2.03. The molecule has 0 radical (unpaired) electrons. The van der Waals surface area contributed by atoms with Crippen molar-refractivity contribution in [2.45, 2.75) is 12.8 Å². The fourth-order valence-corrected chi connectivity index (χ4v) is 1.08. The van der Waals surface area contributed by atoms with Crippen LogP contribution in [0.25, 0.3) is 0 Å². The normalized spacial score (nSPS) is 9.54. The Hall–Kier alpha value is -1.57. The van der Waals surface area contributed by atoms with Crippen molar-refractivity contribution in [2.75, 3.05) is 0 Å². The van der Waals surface area contributed by atoms with Crippen LogP contribution in [-0.4, -0.2) is 5.97 Å². The number of aryl methyl sites for hydroxylation is 1. The molecule has 1 aromatic carbocycles. The van der Waals surface area contributed by atoms with Crippen LogP contribution >= 0.6 is 0 Å². The molecule has 0 saturated carbocycles. The molecule has 13 heavy (non-hydrogen) atoms. The van der Waals surface area contributed by atoms with Gasteiger partial charge in [0, 0.05) is 0 Å². The van der Waals surface area contributed by atoms with Gasteiger partial charge in [0.05, 0.1) is 5.97 Å². The molecule has 0 aliphatic rings. The summed E-state index contributed by atoms with van der Waals surface area (Å²) in [5, 5.41) is 10.4. The van der Waals surface area contributed by atoms with Crippen molar-refractivity contribution < 1.29 is 9.90 Å². The molecule has 1 rings (SSSR count). The Morgan fingerprint density at radius 3 is 2.46 bits per heavy atom. The molecule has 0 spiro atoms. The first-order valence-electron chi connectivity index (χ1n) is 4.15. The lowest BCUT2D eigenvalue weighted by Crippen LogP contribution is -2.21. The summed E-state index contributed by atoms with van der Waals surface area (Å²) in [6.07, 6.45) is 3.65. The average Bonchev–Trinajstić information content (AvgIpc) is 2.15. The molecule has 0 saturated heterocycles. The van der Waals surface area contributed by atoms with Gasteiger partial charge in [-0.1, -0.05) is 30.3 Å². The minimum atomic E-state index is -1.13. The first kappa shape index (κ1) is 9.52. The maximum Gasteiger partial charge on any atom is 0.0715 e. The number of carboxylic acids is 1. The van der Waals surface area contributed by atoms with E-state index in [4.69, 9.17) is 0 Å². The second-order valence-corrected chi connectivity index (χ2v) is 2.81. The third kappa shape index (κ3) is 2.75. The molecule has 0 heterocycles. The summed E-state index contributed by atoms with van der Waals surface area (Å²) in [5.74, 6) is -1.13. The van der Waals surface area contributed by atoms with Crippen LogP contribution in [-0.2, 0) is 6.42 Å². The SMILES string of the molecule is C=CCCc1ccc(C(=O)[O-])cc1. The van der Waals surface area contributed by atoms with E-state index in [-0.39, 0.29) is 5.56 Å². The Bertz CT molecular complexity index is 298. The monoisotopic (exact) mass is 175 g/mol. The number of rotatable bonds is 4. The number of hydrogen-bond acceptors (Lipinski definition) is 2. The minimum Gasteiger partial charge on any atom is -0.545 e. The van der Waals surface area contributed by atoms with E-state index in [9.17, 15) is 9.90 Å². The highest BCUT2D eigenvalue weighted by atomic mass is 16.4. The van der Waals surface area contributed by atoms with Gasteiger partial charge in [-0.3, -0.25) is 0 Å². The highest BCUT2D eigenvalue weighted by molar-refractivity contribution is 5.85. The van der Waals surface area contributed by atoms with Gasteiger partial charge in [-0.25, -0.2) is 0 Å². The van der Waals surface area contributed by atoms with E-state index in [0.29, 0.717) is 0 Å². The first-order valence-corrected chi connectivity index (χ1v) is 4.15. The smallest absolute Gasteiger partial charge is 0.0715 e. The fourth-order valence-electron chi connectivity index (χ4n) is 1.08. The summed E-state index contributed by atoms with van der Waals surface area (Å²) < 4.78 is 0. The van der Waals surface area contributed by atoms with Crippen molar-refractivity contribution in [3.63, 3.8) is 0 Å². The molecule has 68 valence electrons. The molecule has 1 aromatic rings. The fraction of sp³-hybridized carbons (Fsp3) is 0.182. The van der Waals surface area contributed by atoms with E-state index in [1.165, 1.54) is 0 Å². The van der Waals surface area contributed by atoms with Gasteiger partial charge in [0.2, 0.25) is 0 Å². The second kappa shape index (κ2) is 4.45. The standard InChI is InChI=1S/C11H12O2/c1-2-3-4-9-5-7-10(8-6-9)11(12)13/h2,5-8H,1,3-4H2,(H,12,13)/p-1. The van der Waals surface area contributed by atoms with Gasteiger partial charge in [0.15, 0.2) is 0 Å². The van der Waals surface area contributed by atoms with Crippen LogP contribution < -0.4 is 5.11 Å². The average molecular weight is 175 g/mol. The number of carbonyl (C=O) groups excluding carboxylic acids is 1. The Kier molecular flexibility index (Phi) is 3.26. The molecule has 0 atom stereocenters. The molecule has 0 amide bonds. The largest absolute Gasteiger partial charge is 0.545 e. The van der Waals surface area contributed by atoms with Gasteiger partial charge in [0.1, 0.15) is 0 Å². The molecule has 2 heteroatoms. The predicted octanol–water partition coefficient (Wildman–Crippen LogP) is 1.17. The number of carboxylic acid groups (broad SMARTS) is 1. The summed E-state index contributed by atoms with van der Waals surface area (Å²) in [6, 6.07) is 6.73. The van der Waals surface area contributed by atoms with Crippen molar-refractivity contribution in [3.8, 4) is 0 Å². The van der Waals surface area contributed by atoms with Gasteiger partial charge in [0.25, 0.3) is 0 Å². The topological polar surface area (TPSA) is 40.1 Å². The Labute approximate surface area is 77.5 Å². The number of allylic oxidation sites excluding steroid dienone is 1. The van der Waals surface area contributed by atoms with Gasteiger partial charge in [-0.05, 0) is 24.0 Å². The van der Waals surface area contributed by atoms with Crippen LogP contribution in [0.4, 0.5) is 0 Å². The van der Waals surface area contributed by atoms with Crippen LogP contribution in [0, 0.1) is 0 Å². The molecule has 0 unspecified atom stereocenters. The molecule has 0 aromatic heterocycles. The van der Waals surface area contributed by atoms with E-state index in [0.717, 1.165) is 18.4 Å². The van der Waals surface area contributed by atoms with Crippen molar-refractivity contribution in [3.05, 3.63) is 48.0 Å². The first-order chi connectivity index (χ1) is 6.24. The van der Waals surface area contributed by atoms with Crippen molar-refractivity contribution in [1.29, 1.82) is 0 Å². The molecular formula is C11H11O2-. The van der Waals surface area contributed by atoms with E-state index < -0.39 is 5.97 Å². The lowest BCUT2D eigenvalue weighted by molar-refractivity contribution is -0.255. The molecule has 0 bridgehead atoms. The Morgan fingerprint density at radius 2 is 2.00 bits per heavy atom. The minimum absolute atomic E-state index is 0.224. The van der Waals surface area contributed by atoms with E-state index in [1.807, 2.05) is 6.08 Å². The van der Waals surface area contributed by atoms with E-state index in [2.05, 4.69) is 6.58 Å². The molecular weight excluding hydrogens is 164 g/mol. The van der Waals surface area contributed by atoms with Crippen LogP contribution in [0.2, 0.25) is 0 Å². The van der Waals surface area contributed by atoms with Crippen molar-refractivity contribution in [2.24, 2.45) is 0 Å². The van der Waals surface area contributed by atoms with E-state index in [1.54, 1.807) is 24.3 Å². The van der Waals surface area contributed by atoms with Crippen LogP contribution in [0.15, 0.2) is 36.9 Å². The number of aromatic carboxylic acids is 1. The molecule has 2 nitrogen and oxygen atoms in total. The van der Waals surface area contributed by atoms with Gasteiger partial charge >= 0.3 is 0 Å². The zero-order valence-electron chi connectivity index (χ0n) is 7.32. The van der Waals surface area contributed by atoms with Crippen LogP contribution in [0.5, 0.6) is 0 Å². The number of benzene rings is 1. The second-order valence-electron chi connectivity index (χ2n) is 2.81. The summed E-state index contributed by atoms with van der Waals surface area (Å²) in [5.41, 5.74) is 1.34. The van der Waals surface area contributed by atoms with Crippen LogP contribution in [0.3, 0.4) is 0 Å². The lowest BCUT2D eigenvalue weighted by atomic mass is 10.1. The predicted molar refractivity (Wildman–Crippen MR) is 49.3 cm³/mol. The molecule has 0 aliphatic carbocycles. The van der Waals surface area contributed by atoms with Gasteiger partial charge < -0.3 is 9.90 Å². The van der Waals surface area contributed by atoms with Gasteiger partial charge in [-0.2, -0.15) is 0 Å². The summed E-state index contributed by atoms with van der Waals surface area (Å²) in [6.45, 7) is 3.62.